The second kappa shape index (κ2) is 8.38. The molecule has 1 unspecified atom stereocenters. The number of hydrogen-bond donors (Lipinski definition) is 2. The second-order valence-corrected chi connectivity index (χ2v) is 8.24. The molecule has 2 saturated heterocycles. The average Bonchev–Trinajstić information content (AvgIpc) is 3.19. The third kappa shape index (κ3) is 3.60. The van der Waals surface area contributed by atoms with Gasteiger partial charge in [0.15, 0.2) is 0 Å². The first-order valence-electron chi connectivity index (χ1n) is 10.8. The lowest BCUT2D eigenvalue weighted by Crippen LogP contribution is -2.35. The molecule has 30 heavy (non-hydrogen) atoms. The number of H-pyrrole nitrogens is 1. The molecule has 2 aliphatic rings. The van der Waals surface area contributed by atoms with E-state index in [1.807, 2.05) is 12.4 Å². The summed E-state index contributed by atoms with van der Waals surface area (Å²) >= 11 is 0. The number of nitrogens with one attached hydrogen (secondary N) is 2. The lowest BCUT2D eigenvalue weighted by atomic mass is 9.83. The molecule has 2 N–H and O–H groups in total. The normalized spacial score (nSPS) is 20.5. The molecule has 0 aliphatic carbocycles. The molecule has 2 fully saturated rings. The van der Waals surface area contributed by atoms with Crippen LogP contribution in [0.3, 0.4) is 0 Å². The van der Waals surface area contributed by atoms with Gasteiger partial charge in [-0.15, -0.1) is 0 Å². The Labute approximate surface area is 176 Å². The standard InChI is InChI=1S/C24H29N3O3/c1-15-12-26-24-18(15)9-17(13-27-24)20-10-21(22-14-30-8-5-25-22)19(11-23(20)28-2)16-3-6-29-7-4-16/h9-13,16,22,25H,3-8,14H2,1-2H3,(H,26,27). The van der Waals surface area contributed by atoms with Crippen LogP contribution in [0.1, 0.15) is 41.5 Å². The fourth-order valence-electron chi connectivity index (χ4n) is 4.72. The van der Waals surface area contributed by atoms with Crippen molar-refractivity contribution in [2.45, 2.75) is 31.7 Å². The predicted octanol–water partition coefficient (Wildman–Crippen LogP) is 4.10. The largest absolute Gasteiger partial charge is 0.496 e. The third-order valence-corrected chi connectivity index (χ3v) is 6.41. The van der Waals surface area contributed by atoms with Crippen LogP contribution in [0.15, 0.2) is 30.6 Å². The van der Waals surface area contributed by atoms with E-state index in [2.05, 4.69) is 40.4 Å². The van der Waals surface area contributed by atoms with Crippen molar-refractivity contribution in [3.05, 3.63) is 47.3 Å². The van der Waals surface area contributed by atoms with Crippen LogP contribution in [0.25, 0.3) is 22.2 Å². The van der Waals surface area contributed by atoms with E-state index in [-0.39, 0.29) is 6.04 Å². The summed E-state index contributed by atoms with van der Waals surface area (Å²) in [5.74, 6) is 1.37. The molecule has 158 valence electrons. The zero-order chi connectivity index (χ0) is 20.5. The summed E-state index contributed by atoms with van der Waals surface area (Å²) < 4.78 is 17.3. The Morgan fingerprint density at radius 1 is 1.07 bits per heavy atom. The van der Waals surface area contributed by atoms with E-state index in [1.165, 1.54) is 16.7 Å². The molecule has 0 saturated carbocycles. The number of pyridine rings is 1. The lowest BCUT2D eigenvalue weighted by molar-refractivity contribution is 0.0739. The summed E-state index contributed by atoms with van der Waals surface area (Å²) in [4.78, 5) is 7.87. The molecule has 1 atom stereocenters. The minimum Gasteiger partial charge on any atom is -0.496 e. The number of aromatic amines is 1. The minimum atomic E-state index is 0.187. The molecule has 0 bridgehead atoms. The SMILES string of the molecule is COc1cc(C2CCOCC2)c(C2COCCN2)cc1-c1cnc2[nH]cc(C)c2c1. The fourth-order valence-corrected chi connectivity index (χ4v) is 4.72. The van der Waals surface area contributed by atoms with Gasteiger partial charge < -0.3 is 24.5 Å². The average molecular weight is 408 g/mol. The Hall–Kier alpha value is -2.41. The highest BCUT2D eigenvalue weighted by atomic mass is 16.5. The van der Waals surface area contributed by atoms with E-state index >= 15 is 0 Å². The van der Waals surface area contributed by atoms with Gasteiger partial charge >= 0.3 is 0 Å². The Morgan fingerprint density at radius 3 is 2.70 bits per heavy atom. The molecule has 2 aromatic heterocycles. The summed E-state index contributed by atoms with van der Waals surface area (Å²) in [5.41, 5.74) is 6.91. The van der Waals surface area contributed by atoms with Gasteiger partial charge in [-0.1, -0.05) is 0 Å². The molecule has 5 rings (SSSR count). The zero-order valence-electron chi connectivity index (χ0n) is 17.7. The van der Waals surface area contributed by atoms with Crippen molar-refractivity contribution in [1.29, 1.82) is 0 Å². The van der Waals surface area contributed by atoms with Crippen molar-refractivity contribution in [3.63, 3.8) is 0 Å². The van der Waals surface area contributed by atoms with Crippen LogP contribution in [0.4, 0.5) is 0 Å². The third-order valence-electron chi connectivity index (χ3n) is 6.41. The summed E-state index contributed by atoms with van der Waals surface area (Å²) in [7, 11) is 1.75. The number of hydrogen-bond acceptors (Lipinski definition) is 5. The molecule has 6 heteroatoms. The first-order valence-corrected chi connectivity index (χ1v) is 10.8. The number of benzene rings is 1. The summed E-state index contributed by atoms with van der Waals surface area (Å²) in [5, 5.41) is 4.79. The van der Waals surface area contributed by atoms with Gasteiger partial charge in [-0.3, -0.25) is 0 Å². The molecule has 3 aromatic rings. The number of aromatic nitrogens is 2. The van der Waals surface area contributed by atoms with Gasteiger partial charge in [0.2, 0.25) is 0 Å². The molecule has 0 amide bonds. The molecule has 4 heterocycles. The van der Waals surface area contributed by atoms with Gasteiger partial charge in [-0.25, -0.2) is 4.98 Å². The minimum absolute atomic E-state index is 0.187. The number of ether oxygens (including phenoxy) is 3. The van der Waals surface area contributed by atoms with Gasteiger partial charge in [-0.05, 0) is 60.6 Å². The van der Waals surface area contributed by atoms with Crippen LogP contribution in [-0.4, -0.2) is 50.1 Å². The Morgan fingerprint density at radius 2 is 1.93 bits per heavy atom. The topological polar surface area (TPSA) is 68.4 Å². The summed E-state index contributed by atoms with van der Waals surface area (Å²) in [6, 6.07) is 6.92. The van der Waals surface area contributed by atoms with Gasteiger partial charge in [0.25, 0.3) is 0 Å². The quantitative estimate of drug-likeness (QED) is 0.681. The fraction of sp³-hybridized carbons (Fsp3) is 0.458. The van der Waals surface area contributed by atoms with Crippen molar-refractivity contribution >= 4 is 11.0 Å². The van der Waals surface area contributed by atoms with Gasteiger partial charge in [-0.2, -0.15) is 0 Å². The van der Waals surface area contributed by atoms with Crippen LogP contribution >= 0.6 is 0 Å². The van der Waals surface area contributed by atoms with Crippen molar-refractivity contribution in [2.24, 2.45) is 0 Å². The molecular formula is C24H29N3O3. The summed E-state index contributed by atoms with van der Waals surface area (Å²) in [6.45, 7) is 6.06. The first-order chi connectivity index (χ1) is 14.7. The van der Waals surface area contributed by atoms with Crippen LogP contribution in [-0.2, 0) is 9.47 Å². The van der Waals surface area contributed by atoms with E-state index < -0.39 is 0 Å². The zero-order valence-corrected chi connectivity index (χ0v) is 17.7. The highest BCUT2D eigenvalue weighted by Crippen LogP contribution is 2.41. The lowest BCUT2D eigenvalue weighted by Gasteiger charge is -2.31. The van der Waals surface area contributed by atoms with Crippen LogP contribution in [0.2, 0.25) is 0 Å². The van der Waals surface area contributed by atoms with Gasteiger partial charge in [0, 0.05) is 48.7 Å². The number of fused-ring (bicyclic) bond motifs is 1. The van der Waals surface area contributed by atoms with Crippen molar-refractivity contribution < 1.29 is 14.2 Å². The van der Waals surface area contributed by atoms with E-state index in [9.17, 15) is 0 Å². The van der Waals surface area contributed by atoms with Crippen molar-refractivity contribution in [1.82, 2.24) is 15.3 Å². The van der Waals surface area contributed by atoms with Gasteiger partial charge in [0.1, 0.15) is 11.4 Å². The van der Waals surface area contributed by atoms with Crippen molar-refractivity contribution in [3.8, 4) is 16.9 Å². The monoisotopic (exact) mass is 407 g/mol. The number of morpholine rings is 1. The molecule has 1 aromatic carbocycles. The number of nitrogens with zero attached hydrogens (tertiary/aromatic N) is 1. The highest BCUT2D eigenvalue weighted by molar-refractivity contribution is 5.86. The van der Waals surface area contributed by atoms with Crippen LogP contribution in [0.5, 0.6) is 5.75 Å². The predicted molar refractivity (Wildman–Crippen MR) is 117 cm³/mol. The van der Waals surface area contributed by atoms with E-state index in [1.54, 1.807) is 7.11 Å². The Bertz CT molecular complexity index is 1030. The number of rotatable bonds is 4. The van der Waals surface area contributed by atoms with E-state index in [0.29, 0.717) is 12.5 Å². The maximum atomic E-state index is 5.88. The molecule has 0 radical (unpaired) electrons. The number of aryl methyl sites for hydroxylation is 1. The van der Waals surface area contributed by atoms with Crippen LogP contribution < -0.4 is 10.1 Å². The maximum absolute atomic E-state index is 5.88. The van der Waals surface area contributed by atoms with Crippen molar-refractivity contribution in [2.75, 3.05) is 40.1 Å². The van der Waals surface area contributed by atoms with E-state index in [4.69, 9.17) is 14.2 Å². The Balaban J connectivity index is 1.64. The van der Waals surface area contributed by atoms with Crippen LogP contribution in [0, 0.1) is 6.92 Å². The maximum Gasteiger partial charge on any atom is 0.137 e. The highest BCUT2D eigenvalue weighted by Gasteiger charge is 2.27. The molecular weight excluding hydrogens is 378 g/mol. The smallest absolute Gasteiger partial charge is 0.137 e. The molecule has 6 nitrogen and oxygen atoms in total. The van der Waals surface area contributed by atoms with Gasteiger partial charge in [0.05, 0.1) is 26.4 Å². The first kappa shape index (κ1) is 19.5. The van der Waals surface area contributed by atoms with E-state index in [0.717, 1.165) is 67.1 Å². The molecule has 2 aliphatic heterocycles. The second-order valence-electron chi connectivity index (χ2n) is 8.24. The molecule has 0 spiro atoms. The summed E-state index contributed by atoms with van der Waals surface area (Å²) in [6.07, 6.45) is 6.01. The Kier molecular flexibility index (Phi) is 5.46. The number of methoxy groups -OCH3 is 1.